The first-order chi connectivity index (χ1) is 9.49. The summed E-state index contributed by atoms with van der Waals surface area (Å²) in [5, 5.41) is 3.07. The maximum absolute atomic E-state index is 13.4. The lowest BCUT2D eigenvalue weighted by Crippen LogP contribution is -2.12. The van der Waals surface area contributed by atoms with E-state index < -0.39 is 5.82 Å². The second-order valence-corrected chi connectivity index (χ2v) is 4.96. The molecule has 106 valence electrons. The Hall–Kier alpha value is -1.92. The summed E-state index contributed by atoms with van der Waals surface area (Å²) in [5.41, 5.74) is 3.03. The van der Waals surface area contributed by atoms with Gasteiger partial charge in [0, 0.05) is 17.7 Å². The zero-order chi connectivity index (χ0) is 14.7. The Bertz CT molecular complexity index is 618. The molecule has 0 aliphatic carbocycles. The molecule has 7 heteroatoms. The lowest BCUT2D eigenvalue weighted by molar-refractivity contribution is 0.629. The number of benzene rings is 1. The number of nitrogens with one attached hydrogen (secondary N) is 2. The van der Waals surface area contributed by atoms with Gasteiger partial charge in [-0.3, -0.25) is 0 Å². The highest BCUT2D eigenvalue weighted by molar-refractivity contribution is 6.30. The van der Waals surface area contributed by atoms with Gasteiger partial charge in [-0.2, -0.15) is 0 Å². The summed E-state index contributed by atoms with van der Waals surface area (Å²) in [5.74, 6) is 6.68. The van der Waals surface area contributed by atoms with Crippen molar-refractivity contribution in [2.24, 2.45) is 5.84 Å². The minimum Gasteiger partial charge on any atom is -0.340 e. The first kappa shape index (κ1) is 14.5. The molecule has 1 aromatic carbocycles. The second kappa shape index (κ2) is 6.02. The average molecular weight is 296 g/mol. The molecule has 1 heterocycles. The van der Waals surface area contributed by atoms with Crippen LogP contribution in [0.25, 0.3) is 0 Å². The van der Waals surface area contributed by atoms with Crippen molar-refractivity contribution < 1.29 is 4.39 Å². The van der Waals surface area contributed by atoms with Crippen molar-refractivity contribution in [3.63, 3.8) is 0 Å². The van der Waals surface area contributed by atoms with Crippen LogP contribution in [0.2, 0.25) is 5.02 Å². The van der Waals surface area contributed by atoms with Crippen molar-refractivity contribution in [3.05, 3.63) is 40.9 Å². The van der Waals surface area contributed by atoms with Crippen LogP contribution in [0.3, 0.4) is 0 Å². The van der Waals surface area contributed by atoms with Gasteiger partial charge in [0.15, 0.2) is 0 Å². The molecule has 0 saturated heterocycles. The van der Waals surface area contributed by atoms with E-state index >= 15 is 0 Å². The molecule has 5 nitrogen and oxygen atoms in total. The summed E-state index contributed by atoms with van der Waals surface area (Å²) in [4.78, 5) is 8.60. The molecule has 1 aromatic heterocycles. The highest BCUT2D eigenvalue weighted by Gasteiger charge is 2.08. The maximum atomic E-state index is 13.4. The molecule has 2 rings (SSSR count). The molecule has 0 spiro atoms. The number of hydrogen-bond acceptors (Lipinski definition) is 5. The lowest BCUT2D eigenvalue weighted by Gasteiger charge is -2.11. The minimum absolute atomic E-state index is 0.0745. The van der Waals surface area contributed by atoms with Gasteiger partial charge < -0.3 is 10.7 Å². The molecule has 0 fully saturated rings. The Morgan fingerprint density at radius 2 is 1.90 bits per heavy atom. The summed E-state index contributed by atoms with van der Waals surface area (Å²) in [6.45, 7) is 3.95. The number of nitrogens with two attached hydrogens (primary N) is 1. The summed E-state index contributed by atoms with van der Waals surface area (Å²) in [6, 6.07) is 6.08. The number of aromatic nitrogens is 2. The fourth-order valence-corrected chi connectivity index (χ4v) is 1.70. The van der Waals surface area contributed by atoms with E-state index in [1.807, 2.05) is 13.8 Å². The van der Waals surface area contributed by atoms with Crippen LogP contribution in [0.1, 0.15) is 25.6 Å². The first-order valence-electron chi connectivity index (χ1n) is 6.07. The first-order valence-corrected chi connectivity index (χ1v) is 6.45. The van der Waals surface area contributed by atoms with Crippen LogP contribution in [-0.2, 0) is 0 Å². The van der Waals surface area contributed by atoms with Gasteiger partial charge in [-0.1, -0.05) is 25.4 Å². The SMILES string of the molecule is CC(C)c1nc(NN)cc(Nc2ccc(Cl)c(F)c2)n1. The van der Waals surface area contributed by atoms with E-state index in [2.05, 4.69) is 20.7 Å². The van der Waals surface area contributed by atoms with Crippen molar-refractivity contribution in [3.8, 4) is 0 Å². The van der Waals surface area contributed by atoms with E-state index in [0.717, 1.165) is 0 Å². The molecule has 2 aromatic rings. The van der Waals surface area contributed by atoms with Gasteiger partial charge in [0.2, 0.25) is 0 Å². The smallest absolute Gasteiger partial charge is 0.145 e. The molecule has 4 N–H and O–H groups in total. The third kappa shape index (κ3) is 3.34. The Labute approximate surface area is 121 Å². The predicted molar refractivity (Wildman–Crippen MR) is 78.6 cm³/mol. The van der Waals surface area contributed by atoms with Crippen LogP contribution in [-0.4, -0.2) is 9.97 Å². The topological polar surface area (TPSA) is 75.9 Å². The highest BCUT2D eigenvalue weighted by atomic mass is 35.5. The number of nitrogen functional groups attached to an aromatic ring is 1. The summed E-state index contributed by atoms with van der Waals surface area (Å²) in [7, 11) is 0. The average Bonchev–Trinajstić information content (AvgIpc) is 2.42. The number of halogens is 2. The minimum atomic E-state index is -0.494. The van der Waals surface area contributed by atoms with Crippen molar-refractivity contribution in [2.45, 2.75) is 19.8 Å². The number of nitrogens with zero attached hydrogens (tertiary/aromatic N) is 2. The predicted octanol–water partition coefficient (Wildman–Crippen LogP) is 3.42. The van der Waals surface area contributed by atoms with Crippen LogP contribution in [0.5, 0.6) is 0 Å². The van der Waals surface area contributed by atoms with Gasteiger partial charge in [0.05, 0.1) is 5.02 Å². The Kier molecular flexibility index (Phi) is 4.36. The van der Waals surface area contributed by atoms with E-state index in [9.17, 15) is 4.39 Å². The van der Waals surface area contributed by atoms with Crippen LogP contribution in [0, 0.1) is 5.82 Å². The van der Waals surface area contributed by atoms with Crippen LogP contribution >= 0.6 is 11.6 Å². The van der Waals surface area contributed by atoms with Crippen molar-refractivity contribution in [2.75, 3.05) is 10.7 Å². The molecular weight excluding hydrogens is 281 g/mol. The molecule has 0 atom stereocenters. The largest absolute Gasteiger partial charge is 0.340 e. The van der Waals surface area contributed by atoms with Gasteiger partial charge in [0.25, 0.3) is 0 Å². The summed E-state index contributed by atoms with van der Waals surface area (Å²) < 4.78 is 13.4. The van der Waals surface area contributed by atoms with Gasteiger partial charge in [0.1, 0.15) is 23.3 Å². The van der Waals surface area contributed by atoms with Crippen LogP contribution < -0.4 is 16.6 Å². The van der Waals surface area contributed by atoms with Gasteiger partial charge in [-0.25, -0.2) is 20.2 Å². The molecular formula is C13H15ClFN5. The third-order valence-electron chi connectivity index (χ3n) is 2.60. The monoisotopic (exact) mass is 295 g/mol. The molecule has 0 radical (unpaired) electrons. The van der Waals surface area contributed by atoms with Gasteiger partial charge >= 0.3 is 0 Å². The van der Waals surface area contributed by atoms with E-state index in [-0.39, 0.29) is 10.9 Å². The Morgan fingerprint density at radius 1 is 1.20 bits per heavy atom. The number of hydrogen-bond donors (Lipinski definition) is 3. The fraction of sp³-hybridized carbons (Fsp3) is 0.231. The van der Waals surface area contributed by atoms with Gasteiger partial charge in [-0.05, 0) is 18.2 Å². The molecule has 0 bridgehead atoms. The van der Waals surface area contributed by atoms with E-state index in [1.54, 1.807) is 12.1 Å². The van der Waals surface area contributed by atoms with Crippen LogP contribution in [0.4, 0.5) is 21.7 Å². The molecule has 0 unspecified atom stereocenters. The molecule has 0 amide bonds. The van der Waals surface area contributed by atoms with E-state index in [4.69, 9.17) is 17.4 Å². The molecule has 0 aliphatic rings. The van der Waals surface area contributed by atoms with Crippen molar-refractivity contribution in [1.29, 1.82) is 0 Å². The zero-order valence-electron chi connectivity index (χ0n) is 11.1. The third-order valence-corrected chi connectivity index (χ3v) is 2.91. The van der Waals surface area contributed by atoms with E-state index in [0.29, 0.717) is 23.1 Å². The fourth-order valence-electron chi connectivity index (χ4n) is 1.58. The summed E-state index contributed by atoms with van der Waals surface area (Å²) >= 11 is 5.64. The number of hydrazine groups is 1. The van der Waals surface area contributed by atoms with Crippen molar-refractivity contribution in [1.82, 2.24) is 9.97 Å². The molecule has 20 heavy (non-hydrogen) atoms. The van der Waals surface area contributed by atoms with Crippen molar-refractivity contribution >= 4 is 28.9 Å². The molecule has 0 saturated carbocycles. The Morgan fingerprint density at radius 3 is 2.50 bits per heavy atom. The highest BCUT2D eigenvalue weighted by Crippen LogP contribution is 2.23. The van der Waals surface area contributed by atoms with E-state index in [1.165, 1.54) is 12.1 Å². The Balaban J connectivity index is 2.32. The summed E-state index contributed by atoms with van der Waals surface area (Å²) in [6.07, 6.45) is 0. The van der Waals surface area contributed by atoms with Gasteiger partial charge in [-0.15, -0.1) is 0 Å². The maximum Gasteiger partial charge on any atom is 0.145 e. The standard InChI is InChI=1S/C13H15ClFN5/c1-7(2)13-18-11(6-12(19-13)20-16)17-8-3-4-9(14)10(15)5-8/h3-7H,16H2,1-2H3,(H2,17,18,19,20). The zero-order valence-corrected chi connectivity index (χ0v) is 11.9. The van der Waals surface area contributed by atoms with Crippen LogP contribution in [0.15, 0.2) is 24.3 Å². The molecule has 0 aliphatic heterocycles. The normalized spacial score (nSPS) is 10.7. The second-order valence-electron chi connectivity index (χ2n) is 4.55. The lowest BCUT2D eigenvalue weighted by atomic mass is 10.2. The number of anilines is 3. The number of rotatable bonds is 4. The quantitative estimate of drug-likeness (QED) is 0.595.